The van der Waals surface area contributed by atoms with Gasteiger partial charge in [-0.05, 0) is 51.9 Å². The van der Waals surface area contributed by atoms with Gasteiger partial charge < -0.3 is 5.73 Å². The van der Waals surface area contributed by atoms with Gasteiger partial charge in [0.1, 0.15) is 4.21 Å². The fraction of sp³-hybridized carbons (Fsp3) is 0.692. The van der Waals surface area contributed by atoms with Gasteiger partial charge in [0.05, 0.1) is 0 Å². The summed E-state index contributed by atoms with van der Waals surface area (Å²) in [6, 6.07) is 4.34. The molecule has 5 nitrogen and oxygen atoms in total. The first-order chi connectivity index (χ1) is 9.44. The highest BCUT2D eigenvalue weighted by atomic mass is 32.2. The predicted molar refractivity (Wildman–Crippen MR) is 82.5 cm³/mol. The molecule has 0 aliphatic heterocycles. The Morgan fingerprint density at radius 1 is 1.50 bits per heavy atom. The summed E-state index contributed by atoms with van der Waals surface area (Å²) in [6.45, 7) is 3.03. The summed E-state index contributed by atoms with van der Waals surface area (Å²) in [6.07, 6.45) is 3.17. The van der Waals surface area contributed by atoms with Gasteiger partial charge >= 0.3 is 0 Å². The van der Waals surface area contributed by atoms with Gasteiger partial charge in [-0.2, -0.15) is 0 Å². The molecule has 0 amide bonds. The summed E-state index contributed by atoms with van der Waals surface area (Å²) in [4.78, 5) is 3.26. The van der Waals surface area contributed by atoms with Crippen molar-refractivity contribution < 1.29 is 8.42 Å². The number of sulfonamides is 1. The smallest absolute Gasteiger partial charge is 0.250 e. The molecular formula is C13H23N3O2S2. The minimum absolute atomic E-state index is 0.209. The summed E-state index contributed by atoms with van der Waals surface area (Å²) < 4.78 is 27.5. The van der Waals surface area contributed by atoms with Gasteiger partial charge in [-0.25, -0.2) is 13.1 Å². The SMILES string of the molecule is CC(CNS(=O)(=O)c1ccc(CCN)s1)N(C)C1CC1. The molecule has 1 heterocycles. The average molecular weight is 317 g/mol. The number of hydrogen-bond donors (Lipinski definition) is 2. The molecule has 0 aromatic carbocycles. The second kappa shape index (κ2) is 6.53. The molecular weight excluding hydrogens is 294 g/mol. The number of rotatable bonds is 8. The largest absolute Gasteiger partial charge is 0.330 e. The topological polar surface area (TPSA) is 75.4 Å². The van der Waals surface area contributed by atoms with Crippen LogP contribution in [0.4, 0.5) is 0 Å². The number of hydrogen-bond acceptors (Lipinski definition) is 5. The highest BCUT2D eigenvalue weighted by Crippen LogP contribution is 2.27. The molecule has 1 saturated carbocycles. The molecule has 20 heavy (non-hydrogen) atoms. The summed E-state index contributed by atoms with van der Waals surface area (Å²) in [5.41, 5.74) is 5.48. The molecule has 114 valence electrons. The van der Waals surface area contributed by atoms with Gasteiger partial charge in [0, 0.05) is 23.5 Å². The number of thiophene rings is 1. The second-order valence-corrected chi connectivity index (χ2v) is 8.52. The standard InChI is InChI=1S/C13H23N3O2S2/c1-10(16(2)11-3-4-11)9-15-20(17,18)13-6-5-12(19-13)7-8-14/h5-6,10-11,15H,3-4,7-9,14H2,1-2H3. The molecule has 2 rings (SSSR count). The van der Waals surface area contributed by atoms with Crippen molar-refractivity contribution in [3.05, 3.63) is 17.0 Å². The lowest BCUT2D eigenvalue weighted by Gasteiger charge is -2.24. The predicted octanol–water partition coefficient (Wildman–Crippen LogP) is 1.01. The lowest BCUT2D eigenvalue weighted by Crippen LogP contribution is -2.40. The molecule has 0 bridgehead atoms. The lowest BCUT2D eigenvalue weighted by atomic mass is 10.3. The Morgan fingerprint density at radius 2 is 2.20 bits per heavy atom. The molecule has 1 fully saturated rings. The van der Waals surface area contributed by atoms with E-state index in [1.54, 1.807) is 6.07 Å². The minimum Gasteiger partial charge on any atom is -0.330 e. The molecule has 1 aliphatic rings. The molecule has 1 aliphatic carbocycles. The van der Waals surface area contributed by atoms with E-state index in [2.05, 4.69) is 23.6 Å². The van der Waals surface area contributed by atoms with Crippen molar-refractivity contribution in [3.63, 3.8) is 0 Å². The zero-order chi connectivity index (χ0) is 14.8. The van der Waals surface area contributed by atoms with Crippen molar-refractivity contribution in [3.8, 4) is 0 Å². The summed E-state index contributed by atoms with van der Waals surface area (Å²) in [5.74, 6) is 0. The molecule has 0 spiro atoms. The van der Waals surface area contributed by atoms with Gasteiger partial charge in [0.2, 0.25) is 10.0 Å². The first-order valence-electron chi connectivity index (χ1n) is 6.94. The van der Waals surface area contributed by atoms with E-state index in [9.17, 15) is 8.42 Å². The summed E-state index contributed by atoms with van der Waals surface area (Å²) in [5, 5.41) is 0. The van der Waals surface area contributed by atoms with Crippen molar-refractivity contribution in [2.24, 2.45) is 5.73 Å². The third-order valence-electron chi connectivity index (χ3n) is 3.68. The van der Waals surface area contributed by atoms with Gasteiger partial charge in [-0.1, -0.05) is 0 Å². The van der Waals surface area contributed by atoms with Crippen molar-refractivity contribution in [1.29, 1.82) is 0 Å². The van der Waals surface area contributed by atoms with Crippen molar-refractivity contribution in [1.82, 2.24) is 9.62 Å². The zero-order valence-electron chi connectivity index (χ0n) is 12.0. The van der Waals surface area contributed by atoms with Crippen molar-refractivity contribution in [2.45, 2.75) is 42.5 Å². The fourth-order valence-corrected chi connectivity index (χ4v) is 4.60. The molecule has 0 radical (unpaired) electrons. The first kappa shape index (κ1) is 15.9. The van der Waals surface area contributed by atoms with E-state index in [1.165, 1.54) is 24.2 Å². The van der Waals surface area contributed by atoms with E-state index >= 15 is 0 Å². The molecule has 3 N–H and O–H groups in total. The van der Waals surface area contributed by atoms with Crippen LogP contribution >= 0.6 is 11.3 Å². The van der Waals surface area contributed by atoms with E-state index in [4.69, 9.17) is 5.73 Å². The van der Waals surface area contributed by atoms with Crippen LogP contribution in [-0.2, 0) is 16.4 Å². The maximum absolute atomic E-state index is 12.2. The van der Waals surface area contributed by atoms with Crippen molar-refractivity contribution >= 4 is 21.4 Å². The van der Waals surface area contributed by atoms with Crippen LogP contribution in [0.15, 0.2) is 16.3 Å². The first-order valence-corrected chi connectivity index (χ1v) is 9.24. The highest BCUT2D eigenvalue weighted by molar-refractivity contribution is 7.91. The van der Waals surface area contributed by atoms with Crippen LogP contribution in [0, 0.1) is 0 Å². The Kier molecular flexibility index (Phi) is 5.19. The molecule has 1 unspecified atom stereocenters. The maximum atomic E-state index is 12.2. The quantitative estimate of drug-likeness (QED) is 0.750. The number of nitrogens with one attached hydrogen (secondary N) is 1. The van der Waals surface area contributed by atoms with Crippen LogP contribution in [0.2, 0.25) is 0 Å². The Balaban J connectivity index is 1.92. The van der Waals surface area contributed by atoms with Gasteiger partial charge in [0.25, 0.3) is 0 Å². The van der Waals surface area contributed by atoms with Crippen LogP contribution in [0.3, 0.4) is 0 Å². The Hall–Kier alpha value is -0.470. The molecule has 7 heteroatoms. The monoisotopic (exact) mass is 317 g/mol. The maximum Gasteiger partial charge on any atom is 0.250 e. The van der Waals surface area contributed by atoms with Crippen LogP contribution in [0.1, 0.15) is 24.6 Å². The summed E-state index contributed by atoms with van der Waals surface area (Å²) >= 11 is 1.30. The zero-order valence-corrected chi connectivity index (χ0v) is 13.6. The van der Waals surface area contributed by atoms with Gasteiger partial charge in [-0.3, -0.25) is 4.90 Å². The minimum atomic E-state index is -3.39. The van der Waals surface area contributed by atoms with E-state index in [1.807, 2.05) is 6.07 Å². The van der Waals surface area contributed by atoms with Gasteiger partial charge in [-0.15, -0.1) is 11.3 Å². The third kappa shape index (κ3) is 4.02. The molecule has 1 aromatic rings. The van der Waals surface area contributed by atoms with E-state index in [-0.39, 0.29) is 6.04 Å². The average Bonchev–Trinajstić information content (AvgIpc) is 3.15. The Morgan fingerprint density at radius 3 is 2.80 bits per heavy atom. The van der Waals surface area contributed by atoms with E-state index < -0.39 is 10.0 Å². The Bertz CT molecular complexity index is 538. The number of likely N-dealkylation sites (N-methyl/N-ethyl adjacent to an activating group) is 1. The lowest BCUT2D eigenvalue weighted by molar-refractivity contribution is 0.248. The number of nitrogens with two attached hydrogens (primary N) is 1. The van der Waals surface area contributed by atoms with Crippen LogP contribution in [0.5, 0.6) is 0 Å². The van der Waals surface area contributed by atoms with E-state index in [0.29, 0.717) is 23.3 Å². The number of nitrogens with zero attached hydrogens (tertiary/aromatic N) is 1. The molecule has 0 saturated heterocycles. The fourth-order valence-electron chi connectivity index (χ4n) is 2.07. The molecule has 1 aromatic heterocycles. The van der Waals surface area contributed by atoms with Gasteiger partial charge in [0.15, 0.2) is 0 Å². The van der Waals surface area contributed by atoms with Crippen LogP contribution in [-0.4, -0.2) is 45.5 Å². The third-order valence-corrected chi connectivity index (χ3v) is 6.74. The highest BCUT2D eigenvalue weighted by Gasteiger charge is 2.29. The second-order valence-electron chi connectivity index (χ2n) is 5.36. The Labute approximate surface area is 125 Å². The normalized spacial score (nSPS) is 17.6. The van der Waals surface area contributed by atoms with Crippen LogP contribution in [0.25, 0.3) is 0 Å². The van der Waals surface area contributed by atoms with E-state index in [0.717, 1.165) is 11.3 Å². The molecule has 1 atom stereocenters. The summed E-state index contributed by atoms with van der Waals surface area (Å²) in [7, 11) is -1.33. The van der Waals surface area contributed by atoms with Crippen molar-refractivity contribution in [2.75, 3.05) is 20.1 Å². The van der Waals surface area contributed by atoms with Crippen LogP contribution < -0.4 is 10.5 Å².